The Morgan fingerprint density at radius 1 is 0.864 bits per heavy atom. The van der Waals surface area contributed by atoms with E-state index in [1.807, 2.05) is 12.3 Å². The Labute approximate surface area is 125 Å². The summed E-state index contributed by atoms with van der Waals surface area (Å²) >= 11 is 0. The third-order valence-electron chi connectivity index (χ3n) is 3.15. The van der Waals surface area contributed by atoms with Gasteiger partial charge in [-0.3, -0.25) is 4.98 Å². The molecule has 3 rings (SSSR count). The Morgan fingerprint density at radius 2 is 1.45 bits per heavy atom. The van der Waals surface area contributed by atoms with Gasteiger partial charge in [0.1, 0.15) is 5.69 Å². The Morgan fingerprint density at radius 3 is 2.09 bits per heavy atom. The molecule has 3 aromatic rings. The van der Waals surface area contributed by atoms with Crippen LogP contribution in [0.15, 0.2) is 48.7 Å². The predicted molar refractivity (Wildman–Crippen MR) is 81.9 cm³/mol. The highest BCUT2D eigenvalue weighted by Gasteiger charge is 2.20. The van der Waals surface area contributed by atoms with Crippen molar-refractivity contribution in [2.45, 2.75) is 0 Å². The van der Waals surface area contributed by atoms with Crippen LogP contribution in [0.25, 0.3) is 21.7 Å². The van der Waals surface area contributed by atoms with Crippen LogP contribution in [-0.2, 0) is 0 Å². The molecule has 0 atom stereocenters. The molecule has 0 fully saturated rings. The SMILES string of the molecule is C[NH+](C)c1cccc2ccc3cccnc3c12.F[B-](F)(F)F. The molecule has 7 heteroatoms. The zero-order valence-electron chi connectivity index (χ0n) is 12.2. The number of halogens is 4. The first-order chi connectivity index (χ1) is 10.3. The first-order valence-electron chi connectivity index (χ1n) is 6.71. The van der Waals surface area contributed by atoms with Gasteiger partial charge >= 0.3 is 7.25 Å². The number of pyridine rings is 1. The van der Waals surface area contributed by atoms with E-state index in [9.17, 15) is 17.3 Å². The van der Waals surface area contributed by atoms with Crippen LogP contribution in [0.5, 0.6) is 0 Å². The van der Waals surface area contributed by atoms with Crippen LogP contribution in [0.3, 0.4) is 0 Å². The molecule has 0 saturated heterocycles. The van der Waals surface area contributed by atoms with Gasteiger partial charge in [-0.15, -0.1) is 0 Å². The zero-order valence-corrected chi connectivity index (χ0v) is 12.2. The van der Waals surface area contributed by atoms with Crippen molar-refractivity contribution >= 4 is 34.6 Å². The lowest BCUT2D eigenvalue weighted by molar-refractivity contribution is -0.785. The van der Waals surface area contributed by atoms with E-state index in [-0.39, 0.29) is 0 Å². The van der Waals surface area contributed by atoms with Gasteiger partial charge in [0.05, 0.1) is 25.0 Å². The van der Waals surface area contributed by atoms with Crippen LogP contribution in [0.4, 0.5) is 23.0 Å². The molecular weight excluding hydrogens is 295 g/mol. The number of rotatable bonds is 1. The lowest BCUT2D eigenvalue weighted by Gasteiger charge is -2.11. The lowest BCUT2D eigenvalue weighted by Crippen LogP contribution is -3.00. The molecule has 1 heterocycles. The van der Waals surface area contributed by atoms with Crippen LogP contribution in [0, 0.1) is 0 Å². The molecule has 0 unspecified atom stereocenters. The number of hydrogen-bond acceptors (Lipinski definition) is 1. The van der Waals surface area contributed by atoms with Gasteiger partial charge < -0.3 is 22.2 Å². The van der Waals surface area contributed by atoms with Crippen molar-refractivity contribution in [1.82, 2.24) is 4.98 Å². The summed E-state index contributed by atoms with van der Waals surface area (Å²) in [5.74, 6) is 0. The Balaban J connectivity index is 0.000000309. The van der Waals surface area contributed by atoms with E-state index < -0.39 is 7.25 Å². The summed E-state index contributed by atoms with van der Waals surface area (Å²) in [6.07, 6.45) is 1.86. The highest BCUT2D eigenvalue weighted by Crippen LogP contribution is 2.27. The molecule has 0 aliphatic rings. The molecule has 1 aromatic heterocycles. The van der Waals surface area contributed by atoms with Crippen molar-refractivity contribution < 1.29 is 22.2 Å². The topological polar surface area (TPSA) is 17.3 Å². The molecule has 0 saturated carbocycles. The molecule has 2 aromatic carbocycles. The first-order valence-corrected chi connectivity index (χ1v) is 6.71. The Bertz CT molecular complexity index is 781. The number of hydrogen-bond donors (Lipinski definition) is 1. The van der Waals surface area contributed by atoms with Crippen molar-refractivity contribution in [2.24, 2.45) is 0 Å². The average molecular weight is 310 g/mol. The van der Waals surface area contributed by atoms with Gasteiger partial charge in [0.2, 0.25) is 0 Å². The molecule has 0 bridgehead atoms. The number of quaternary nitrogens is 1. The number of fused-ring (bicyclic) bond motifs is 3. The van der Waals surface area contributed by atoms with Crippen LogP contribution >= 0.6 is 0 Å². The third-order valence-corrected chi connectivity index (χ3v) is 3.15. The summed E-state index contributed by atoms with van der Waals surface area (Å²) in [6, 6.07) is 14.8. The van der Waals surface area contributed by atoms with Crippen molar-refractivity contribution in [2.75, 3.05) is 14.1 Å². The monoisotopic (exact) mass is 310 g/mol. The fourth-order valence-corrected chi connectivity index (χ4v) is 2.33. The first kappa shape index (κ1) is 16.2. The molecular formula is C15H15BF4N2. The number of aromatic nitrogens is 1. The minimum Gasteiger partial charge on any atom is -0.418 e. The quantitative estimate of drug-likeness (QED) is 0.414. The maximum atomic E-state index is 9.75. The second-order valence-electron chi connectivity index (χ2n) is 5.04. The van der Waals surface area contributed by atoms with Crippen molar-refractivity contribution in [3.63, 3.8) is 0 Å². The normalized spacial score (nSPS) is 11.6. The Kier molecular flexibility index (Phi) is 4.66. The zero-order chi connectivity index (χ0) is 16.3. The van der Waals surface area contributed by atoms with Crippen LogP contribution in [0.2, 0.25) is 0 Å². The average Bonchev–Trinajstić information content (AvgIpc) is 2.44. The van der Waals surface area contributed by atoms with E-state index in [2.05, 4.69) is 55.5 Å². The third kappa shape index (κ3) is 3.95. The minimum atomic E-state index is -6.00. The highest BCUT2D eigenvalue weighted by atomic mass is 19.5. The summed E-state index contributed by atoms with van der Waals surface area (Å²) in [5.41, 5.74) is 2.40. The smallest absolute Gasteiger partial charge is 0.418 e. The standard InChI is InChI=1S/C15H14N2.BF4/c1-17(2)13-7-3-5-11-8-9-12-6-4-10-16-15(12)14(11)13;2-1(3,4)5/h3-10H,1-2H3;/q;-1/p+1. The van der Waals surface area contributed by atoms with Crippen LogP contribution in [-0.4, -0.2) is 26.3 Å². The molecule has 0 aliphatic heterocycles. The highest BCUT2D eigenvalue weighted by molar-refractivity contribution is 6.50. The molecule has 0 amide bonds. The van der Waals surface area contributed by atoms with Gasteiger partial charge in [-0.2, -0.15) is 0 Å². The number of benzene rings is 2. The van der Waals surface area contributed by atoms with Gasteiger partial charge in [-0.05, 0) is 17.5 Å². The predicted octanol–water partition coefficient (Wildman–Crippen LogP) is 3.46. The molecule has 2 nitrogen and oxygen atoms in total. The van der Waals surface area contributed by atoms with E-state index in [1.54, 1.807) is 0 Å². The maximum Gasteiger partial charge on any atom is 0.673 e. The lowest BCUT2D eigenvalue weighted by atomic mass is 10.0. The fraction of sp³-hybridized carbons (Fsp3) is 0.133. The second kappa shape index (κ2) is 6.31. The van der Waals surface area contributed by atoms with Gasteiger partial charge in [-0.25, -0.2) is 0 Å². The molecule has 22 heavy (non-hydrogen) atoms. The largest absolute Gasteiger partial charge is 0.673 e. The summed E-state index contributed by atoms with van der Waals surface area (Å²) in [6.45, 7) is 0. The summed E-state index contributed by atoms with van der Waals surface area (Å²) in [5, 5.41) is 3.73. The van der Waals surface area contributed by atoms with Gasteiger partial charge in [-0.1, -0.05) is 30.3 Å². The van der Waals surface area contributed by atoms with Gasteiger partial charge in [0.25, 0.3) is 0 Å². The number of nitrogens with zero attached hydrogens (tertiary/aromatic N) is 1. The molecule has 0 radical (unpaired) electrons. The summed E-state index contributed by atoms with van der Waals surface area (Å²) in [7, 11) is -1.70. The van der Waals surface area contributed by atoms with Crippen LogP contribution in [0.1, 0.15) is 0 Å². The van der Waals surface area contributed by atoms with E-state index in [1.165, 1.54) is 26.7 Å². The van der Waals surface area contributed by atoms with E-state index >= 15 is 0 Å². The molecule has 0 aliphatic carbocycles. The molecule has 116 valence electrons. The summed E-state index contributed by atoms with van der Waals surface area (Å²) < 4.78 is 39.0. The Hall–Kier alpha value is -2.15. The fourth-order valence-electron chi connectivity index (χ4n) is 2.33. The van der Waals surface area contributed by atoms with E-state index in [0.29, 0.717) is 0 Å². The molecule has 1 N–H and O–H groups in total. The maximum absolute atomic E-state index is 9.75. The number of nitrogens with one attached hydrogen (secondary N) is 1. The van der Waals surface area contributed by atoms with Crippen molar-refractivity contribution in [1.29, 1.82) is 0 Å². The van der Waals surface area contributed by atoms with Crippen LogP contribution < -0.4 is 4.90 Å². The van der Waals surface area contributed by atoms with Crippen molar-refractivity contribution in [3.05, 3.63) is 48.7 Å². The second-order valence-corrected chi connectivity index (χ2v) is 5.04. The minimum absolute atomic E-state index is 1.10. The van der Waals surface area contributed by atoms with Gasteiger partial charge in [0, 0.05) is 11.6 Å². The van der Waals surface area contributed by atoms with E-state index in [0.717, 1.165) is 5.52 Å². The molecule has 0 spiro atoms. The van der Waals surface area contributed by atoms with E-state index in [4.69, 9.17) is 0 Å². The van der Waals surface area contributed by atoms with Gasteiger partial charge in [0.15, 0.2) is 0 Å². The summed E-state index contributed by atoms with van der Waals surface area (Å²) in [4.78, 5) is 5.87. The van der Waals surface area contributed by atoms with Crippen molar-refractivity contribution in [3.8, 4) is 0 Å².